The summed E-state index contributed by atoms with van der Waals surface area (Å²) in [7, 11) is 0. The molecule has 4 heterocycles. The molecule has 0 aliphatic carbocycles. The number of benzene rings is 1. The molecule has 1 aliphatic heterocycles. The van der Waals surface area contributed by atoms with Crippen LogP contribution in [0.3, 0.4) is 0 Å². The van der Waals surface area contributed by atoms with Gasteiger partial charge < -0.3 is 10.0 Å². The van der Waals surface area contributed by atoms with Crippen LogP contribution in [0.2, 0.25) is 5.02 Å². The van der Waals surface area contributed by atoms with Crippen molar-refractivity contribution >= 4 is 28.5 Å². The Morgan fingerprint density at radius 2 is 1.84 bits per heavy atom. The van der Waals surface area contributed by atoms with Gasteiger partial charge in [0.25, 0.3) is 12.0 Å². The molecule has 14 heteroatoms. The summed E-state index contributed by atoms with van der Waals surface area (Å²) in [5.41, 5.74) is -0.891. The SMILES string of the molecule is O=C(C[C@@H](C(F)F)n1cc(Cl)cn1)N1CCC(O)(Cn2cnc3c(cnn3-c3ccc(F)cc3)c2=O)CC1. The third kappa shape index (κ3) is 5.16. The van der Waals surface area contributed by atoms with Crippen LogP contribution in [0.4, 0.5) is 13.2 Å². The number of hydrogen-bond acceptors (Lipinski definition) is 6. The first-order chi connectivity index (χ1) is 18.1. The van der Waals surface area contributed by atoms with E-state index in [2.05, 4.69) is 15.2 Å². The van der Waals surface area contributed by atoms with Crippen molar-refractivity contribution in [2.75, 3.05) is 13.1 Å². The minimum atomic E-state index is -2.82. The van der Waals surface area contributed by atoms with Crippen molar-refractivity contribution in [2.45, 2.75) is 43.9 Å². The maximum atomic E-state index is 13.6. The highest BCUT2D eigenvalue weighted by Crippen LogP contribution is 2.27. The van der Waals surface area contributed by atoms with Crippen molar-refractivity contribution in [3.05, 3.63) is 70.4 Å². The van der Waals surface area contributed by atoms with Crippen LogP contribution in [-0.2, 0) is 11.3 Å². The van der Waals surface area contributed by atoms with Gasteiger partial charge in [-0.1, -0.05) is 11.6 Å². The summed E-state index contributed by atoms with van der Waals surface area (Å²) in [6, 6.07) is 4.12. The van der Waals surface area contributed by atoms with E-state index in [1.807, 2.05) is 0 Å². The van der Waals surface area contributed by atoms with Crippen molar-refractivity contribution in [3.8, 4) is 5.69 Å². The fraction of sp³-hybridized carbons (Fsp3) is 0.375. The molecule has 10 nitrogen and oxygen atoms in total. The number of fused-ring (bicyclic) bond motifs is 1. The Balaban J connectivity index is 1.25. The van der Waals surface area contributed by atoms with Crippen LogP contribution in [-0.4, -0.2) is 70.1 Å². The second-order valence-corrected chi connectivity index (χ2v) is 9.73. The smallest absolute Gasteiger partial charge is 0.264 e. The third-order valence-corrected chi connectivity index (χ3v) is 6.92. The number of aliphatic hydroxyl groups is 1. The summed E-state index contributed by atoms with van der Waals surface area (Å²) >= 11 is 5.77. The summed E-state index contributed by atoms with van der Waals surface area (Å²) in [6.45, 7) is 0.208. The summed E-state index contributed by atoms with van der Waals surface area (Å²) < 4.78 is 44.1. The number of halogens is 4. The van der Waals surface area contributed by atoms with Gasteiger partial charge in [-0.3, -0.25) is 18.8 Å². The number of nitrogens with zero attached hydrogens (tertiary/aromatic N) is 7. The van der Waals surface area contributed by atoms with Gasteiger partial charge in [0.15, 0.2) is 5.65 Å². The van der Waals surface area contributed by atoms with Crippen LogP contribution in [0.1, 0.15) is 25.3 Å². The number of amides is 1. The maximum absolute atomic E-state index is 13.6. The average Bonchev–Trinajstić information content (AvgIpc) is 3.51. The van der Waals surface area contributed by atoms with Gasteiger partial charge in [-0.25, -0.2) is 22.8 Å². The highest BCUT2D eigenvalue weighted by Gasteiger charge is 2.36. The van der Waals surface area contributed by atoms with E-state index in [1.54, 1.807) is 0 Å². The molecule has 1 amide bonds. The van der Waals surface area contributed by atoms with Gasteiger partial charge in [-0.15, -0.1) is 0 Å². The second kappa shape index (κ2) is 10.2. The molecule has 1 N–H and O–H groups in total. The maximum Gasteiger partial charge on any atom is 0.264 e. The fourth-order valence-electron chi connectivity index (χ4n) is 4.58. The van der Waals surface area contributed by atoms with Gasteiger partial charge in [0.05, 0.1) is 41.7 Å². The number of piperidine rings is 1. The minimum Gasteiger partial charge on any atom is -0.388 e. The molecule has 1 atom stereocenters. The Kier molecular flexibility index (Phi) is 6.97. The normalized spacial score (nSPS) is 16.3. The topological polar surface area (TPSA) is 111 Å². The molecule has 0 radical (unpaired) electrons. The van der Waals surface area contributed by atoms with Crippen LogP contribution >= 0.6 is 11.6 Å². The van der Waals surface area contributed by atoms with Crippen molar-refractivity contribution in [2.24, 2.45) is 0 Å². The fourth-order valence-corrected chi connectivity index (χ4v) is 4.73. The zero-order valence-corrected chi connectivity index (χ0v) is 20.7. The molecule has 3 aromatic heterocycles. The molecule has 4 aromatic rings. The largest absolute Gasteiger partial charge is 0.388 e. The summed E-state index contributed by atoms with van der Waals surface area (Å²) in [4.78, 5) is 31.6. The van der Waals surface area contributed by atoms with E-state index in [4.69, 9.17) is 11.6 Å². The van der Waals surface area contributed by atoms with Gasteiger partial charge in [0.2, 0.25) is 5.91 Å². The highest BCUT2D eigenvalue weighted by atomic mass is 35.5. The number of hydrogen-bond donors (Lipinski definition) is 1. The van der Waals surface area contributed by atoms with Crippen LogP contribution < -0.4 is 5.56 Å². The predicted octanol–water partition coefficient (Wildman–Crippen LogP) is 2.82. The molecule has 0 unspecified atom stereocenters. The molecule has 0 bridgehead atoms. The van der Waals surface area contributed by atoms with E-state index in [0.717, 1.165) is 4.68 Å². The number of likely N-dealkylation sites (tertiary alicyclic amines) is 1. The van der Waals surface area contributed by atoms with E-state index in [1.165, 1.54) is 63.3 Å². The molecule has 1 fully saturated rings. The zero-order chi connectivity index (χ0) is 27.0. The number of alkyl halides is 2. The Morgan fingerprint density at radius 1 is 1.13 bits per heavy atom. The lowest BCUT2D eigenvalue weighted by molar-refractivity contribution is -0.138. The number of carbonyl (C=O) groups excluding carboxylic acids is 1. The summed E-state index contributed by atoms with van der Waals surface area (Å²) in [5.74, 6) is -0.893. The molecule has 200 valence electrons. The molecule has 1 saturated heterocycles. The summed E-state index contributed by atoms with van der Waals surface area (Å²) in [6.07, 6.45) is 2.14. The van der Waals surface area contributed by atoms with E-state index < -0.39 is 41.8 Å². The summed E-state index contributed by atoms with van der Waals surface area (Å²) in [5, 5.41) is 19.6. The van der Waals surface area contributed by atoms with Crippen LogP contribution in [0.25, 0.3) is 16.7 Å². The molecule has 38 heavy (non-hydrogen) atoms. The second-order valence-electron chi connectivity index (χ2n) is 9.30. The first-order valence-corrected chi connectivity index (χ1v) is 12.2. The molecule has 0 saturated carbocycles. The molecule has 0 spiro atoms. The lowest BCUT2D eigenvalue weighted by Gasteiger charge is -2.38. The number of aromatic nitrogens is 6. The minimum absolute atomic E-state index is 0.0655. The molecule has 1 aromatic carbocycles. The molecule has 5 rings (SSSR count). The average molecular weight is 550 g/mol. The monoisotopic (exact) mass is 549 g/mol. The zero-order valence-electron chi connectivity index (χ0n) is 19.9. The van der Waals surface area contributed by atoms with E-state index in [9.17, 15) is 27.9 Å². The quantitative estimate of drug-likeness (QED) is 0.379. The Hall–Kier alpha value is -3.71. The Labute approximate surface area is 218 Å². The van der Waals surface area contributed by atoms with Crippen molar-refractivity contribution in [3.63, 3.8) is 0 Å². The van der Waals surface area contributed by atoms with Crippen molar-refractivity contribution in [1.29, 1.82) is 0 Å². The van der Waals surface area contributed by atoms with Crippen LogP contribution in [0.5, 0.6) is 0 Å². The lowest BCUT2D eigenvalue weighted by Crippen LogP contribution is -2.50. The van der Waals surface area contributed by atoms with Gasteiger partial charge in [0.1, 0.15) is 23.6 Å². The van der Waals surface area contributed by atoms with Crippen LogP contribution in [0.15, 0.2) is 54.0 Å². The molecular formula is C24H23ClF3N7O3. The van der Waals surface area contributed by atoms with Crippen molar-refractivity contribution in [1.82, 2.24) is 34.0 Å². The van der Waals surface area contributed by atoms with E-state index in [-0.39, 0.29) is 48.5 Å². The van der Waals surface area contributed by atoms with Crippen molar-refractivity contribution < 1.29 is 23.1 Å². The molecule has 1 aliphatic rings. The predicted molar refractivity (Wildman–Crippen MR) is 131 cm³/mol. The van der Waals surface area contributed by atoms with Gasteiger partial charge >= 0.3 is 0 Å². The lowest BCUT2D eigenvalue weighted by atomic mass is 9.91. The first-order valence-electron chi connectivity index (χ1n) is 11.8. The number of carbonyl (C=O) groups is 1. The Bertz CT molecular complexity index is 1510. The third-order valence-electron chi connectivity index (χ3n) is 6.72. The van der Waals surface area contributed by atoms with Gasteiger partial charge in [-0.2, -0.15) is 10.2 Å². The number of rotatable bonds is 7. The van der Waals surface area contributed by atoms with Gasteiger partial charge in [-0.05, 0) is 37.1 Å². The molecular weight excluding hydrogens is 527 g/mol. The van der Waals surface area contributed by atoms with E-state index in [0.29, 0.717) is 5.69 Å². The van der Waals surface area contributed by atoms with Gasteiger partial charge in [0, 0.05) is 19.3 Å². The first kappa shape index (κ1) is 25.9. The van der Waals surface area contributed by atoms with Crippen LogP contribution in [0, 0.1) is 5.82 Å². The van der Waals surface area contributed by atoms with E-state index >= 15 is 0 Å². The standard InChI is InChI=1S/C24H23ClF3N7O3/c25-15-10-30-34(12-15)19(21(27)28)9-20(36)32-7-5-24(38,6-8-32)13-33-14-29-22-18(23(33)37)11-31-35(22)17-3-1-16(26)2-4-17/h1-4,10-12,14,19,21,38H,5-9,13H2/t19-/m0/s1. The highest BCUT2D eigenvalue weighted by molar-refractivity contribution is 6.30. The Morgan fingerprint density at radius 3 is 2.47 bits per heavy atom.